The van der Waals surface area contributed by atoms with E-state index in [1.807, 2.05) is 0 Å². The summed E-state index contributed by atoms with van der Waals surface area (Å²) in [4.78, 5) is 0. The number of hydrogen-bond donors (Lipinski definition) is 0. The molecule has 66 valence electrons. The summed E-state index contributed by atoms with van der Waals surface area (Å²) in [6, 6.07) is 0. The number of rotatable bonds is 0. The molecule has 0 aromatic heterocycles. The van der Waals surface area contributed by atoms with Gasteiger partial charge in [0.05, 0.1) is 0 Å². The Labute approximate surface area is 75.4 Å². The lowest BCUT2D eigenvalue weighted by molar-refractivity contribution is 0.264. The third-order valence-electron chi connectivity index (χ3n) is 3.30. The van der Waals surface area contributed by atoms with Crippen molar-refractivity contribution in [1.82, 2.24) is 0 Å². The minimum absolute atomic E-state index is 0.859. The van der Waals surface area contributed by atoms with Gasteiger partial charge in [-0.25, -0.2) is 0 Å². The van der Waals surface area contributed by atoms with E-state index < -0.39 is 0 Å². The van der Waals surface area contributed by atoms with Crippen LogP contribution in [0, 0.1) is 17.8 Å². The molecule has 0 heteroatoms. The van der Waals surface area contributed by atoms with Crippen molar-refractivity contribution in [2.45, 2.75) is 33.1 Å². The average Bonchev–Trinajstić information content (AvgIpc) is 2.05. The molecule has 0 aromatic rings. The molecule has 0 heterocycles. The van der Waals surface area contributed by atoms with Crippen molar-refractivity contribution in [3.8, 4) is 0 Å². The Kier molecular flexibility index (Phi) is 2.08. The zero-order valence-electron chi connectivity index (χ0n) is 8.09. The second kappa shape index (κ2) is 3.08. The van der Waals surface area contributed by atoms with E-state index in [2.05, 4.69) is 32.1 Å². The van der Waals surface area contributed by atoms with E-state index in [0.717, 1.165) is 17.8 Å². The Balaban J connectivity index is 2.10. The Morgan fingerprint density at radius 3 is 2.92 bits per heavy atom. The van der Waals surface area contributed by atoms with Crippen LogP contribution in [0.5, 0.6) is 0 Å². The topological polar surface area (TPSA) is 0 Å². The molecule has 0 bridgehead atoms. The number of allylic oxidation sites excluding steroid dienone is 4. The molecular formula is C12H18. The van der Waals surface area contributed by atoms with Crippen molar-refractivity contribution >= 4 is 0 Å². The molecular weight excluding hydrogens is 144 g/mol. The molecule has 3 atom stereocenters. The molecule has 0 spiro atoms. The predicted molar refractivity (Wildman–Crippen MR) is 52.9 cm³/mol. The van der Waals surface area contributed by atoms with E-state index >= 15 is 0 Å². The molecule has 1 saturated carbocycles. The van der Waals surface area contributed by atoms with Gasteiger partial charge in [-0.2, -0.15) is 0 Å². The lowest BCUT2D eigenvalue weighted by Crippen LogP contribution is -2.22. The van der Waals surface area contributed by atoms with Crippen molar-refractivity contribution in [3.05, 3.63) is 23.8 Å². The molecule has 0 aromatic carbocycles. The minimum Gasteiger partial charge on any atom is -0.0806 e. The maximum Gasteiger partial charge on any atom is -0.0164 e. The molecule has 0 saturated heterocycles. The Hall–Kier alpha value is -0.520. The van der Waals surface area contributed by atoms with Crippen molar-refractivity contribution in [3.63, 3.8) is 0 Å². The lowest BCUT2D eigenvalue weighted by Gasteiger charge is -2.33. The molecule has 2 aliphatic rings. The molecule has 0 radical (unpaired) electrons. The molecule has 2 aliphatic carbocycles. The SMILES string of the molecule is CC1=CC2CCC(C)CC2C=C1. The van der Waals surface area contributed by atoms with Gasteiger partial charge in [-0.1, -0.05) is 37.1 Å². The summed E-state index contributed by atoms with van der Waals surface area (Å²) < 4.78 is 0. The van der Waals surface area contributed by atoms with E-state index in [4.69, 9.17) is 0 Å². The minimum atomic E-state index is 0.859. The van der Waals surface area contributed by atoms with Gasteiger partial charge in [0.1, 0.15) is 0 Å². The second-order valence-electron chi connectivity index (χ2n) is 4.52. The van der Waals surface area contributed by atoms with E-state index in [0.29, 0.717) is 0 Å². The zero-order chi connectivity index (χ0) is 8.55. The van der Waals surface area contributed by atoms with Crippen LogP contribution < -0.4 is 0 Å². The summed E-state index contributed by atoms with van der Waals surface area (Å²) in [5.74, 6) is 2.67. The van der Waals surface area contributed by atoms with E-state index in [9.17, 15) is 0 Å². The van der Waals surface area contributed by atoms with Crippen molar-refractivity contribution in [2.75, 3.05) is 0 Å². The van der Waals surface area contributed by atoms with E-state index in [-0.39, 0.29) is 0 Å². The summed E-state index contributed by atoms with van der Waals surface area (Å²) in [7, 11) is 0. The molecule has 2 rings (SSSR count). The maximum atomic E-state index is 2.47. The zero-order valence-corrected chi connectivity index (χ0v) is 8.09. The highest BCUT2D eigenvalue weighted by Crippen LogP contribution is 2.38. The highest BCUT2D eigenvalue weighted by molar-refractivity contribution is 5.24. The van der Waals surface area contributed by atoms with Crippen molar-refractivity contribution in [1.29, 1.82) is 0 Å². The summed E-state index contributed by atoms with van der Waals surface area (Å²) >= 11 is 0. The number of fused-ring (bicyclic) bond motifs is 1. The first-order valence-corrected chi connectivity index (χ1v) is 5.12. The Morgan fingerprint density at radius 2 is 2.08 bits per heavy atom. The first-order valence-electron chi connectivity index (χ1n) is 5.12. The quantitative estimate of drug-likeness (QED) is 0.511. The first kappa shape index (κ1) is 8.10. The van der Waals surface area contributed by atoms with Gasteiger partial charge in [0.15, 0.2) is 0 Å². The second-order valence-corrected chi connectivity index (χ2v) is 4.52. The highest BCUT2D eigenvalue weighted by Gasteiger charge is 2.26. The average molecular weight is 162 g/mol. The van der Waals surface area contributed by atoms with Crippen LogP contribution in [0.25, 0.3) is 0 Å². The molecule has 0 N–H and O–H groups in total. The van der Waals surface area contributed by atoms with Crippen LogP contribution in [0.1, 0.15) is 33.1 Å². The van der Waals surface area contributed by atoms with Crippen molar-refractivity contribution < 1.29 is 0 Å². The van der Waals surface area contributed by atoms with Crippen LogP contribution in [0.3, 0.4) is 0 Å². The summed E-state index contributed by atoms with van der Waals surface area (Å²) in [6.07, 6.45) is 11.4. The summed E-state index contributed by atoms with van der Waals surface area (Å²) in [6.45, 7) is 4.60. The highest BCUT2D eigenvalue weighted by atomic mass is 14.3. The van der Waals surface area contributed by atoms with Crippen LogP contribution >= 0.6 is 0 Å². The fraction of sp³-hybridized carbons (Fsp3) is 0.667. The smallest absolute Gasteiger partial charge is 0.0164 e. The monoisotopic (exact) mass is 162 g/mol. The van der Waals surface area contributed by atoms with Crippen LogP contribution in [0.2, 0.25) is 0 Å². The van der Waals surface area contributed by atoms with E-state index in [1.54, 1.807) is 0 Å². The van der Waals surface area contributed by atoms with Gasteiger partial charge in [-0.15, -0.1) is 0 Å². The van der Waals surface area contributed by atoms with Crippen molar-refractivity contribution in [2.24, 2.45) is 17.8 Å². The molecule has 0 nitrogen and oxygen atoms in total. The lowest BCUT2D eigenvalue weighted by atomic mass is 9.72. The third-order valence-corrected chi connectivity index (χ3v) is 3.30. The molecule has 1 fully saturated rings. The van der Waals surface area contributed by atoms with Crippen LogP contribution in [-0.2, 0) is 0 Å². The molecule has 0 amide bonds. The van der Waals surface area contributed by atoms with Crippen LogP contribution in [-0.4, -0.2) is 0 Å². The maximum absolute atomic E-state index is 2.47. The molecule has 12 heavy (non-hydrogen) atoms. The van der Waals surface area contributed by atoms with Crippen LogP contribution in [0.15, 0.2) is 23.8 Å². The normalized spacial score (nSPS) is 40.5. The van der Waals surface area contributed by atoms with Gasteiger partial charge in [-0.3, -0.25) is 0 Å². The van der Waals surface area contributed by atoms with Gasteiger partial charge >= 0.3 is 0 Å². The fourth-order valence-electron chi connectivity index (χ4n) is 2.55. The van der Waals surface area contributed by atoms with Gasteiger partial charge < -0.3 is 0 Å². The standard InChI is InChI=1S/C12H18/c1-9-3-5-12-8-10(2)4-6-11(12)7-9/h3,5,7,10-12H,4,6,8H2,1-2H3. The Bertz CT molecular complexity index is 222. The molecule has 0 aliphatic heterocycles. The number of hydrogen-bond acceptors (Lipinski definition) is 0. The fourth-order valence-corrected chi connectivity index (χ4v) is 2.55. The summed E-state index contributed by atoms with van der Waals surface area (Å²) in [5.41, 5.74) is 1.46. The van der Waals surface area contributed by atoms with E-state index in [1.165, 1.54) is 24.8 Å². The van der Waals surface area contributed by atoms with Gasteiger partial charge in [0.2, 0.25) is 0 Å². The molecule has 3 unspecified atom stereocenters. The summed E-state index contributed by atoms with van der Waals surface area (Å²) in [5, 5.41) is 0. The van der Waals surface area contributed by atoms with Crippen LogP contribution in [0.4, 0.5) is 0 Å². The van der Waals surface area contributed by atoms with Gasteiger partial charge in [-0.05, 0) is 37.5 Å². The van der Waals surface area contributed by atoms with Gasteiger partial charge in [0.25, 0.3) is 0 Å². The third kappa shape index (κ3) is 1.48. The predicted octanol–water partition coefficient (Wildman–Crippen LogP) is 3.55. The first-order chi connectivity index (χ1) is 5.75. The van der Waals surface area contributed by atoms with Gasteiger partial charge in [0, 0.05) is 0 Å². The largest absolute Gasteiger partial charge is 0.0806 e. The Morgan fingerprint density at radius 1 is 1.25 bits per heavy atom.